The maximum atomic E-state index is 12.2. The molecule has 144 valence electrons. The summed E-state index contributed by atoms with van der Waals surface area (Å²) in [6, 6.07) is 12.2. The van der Waals surface area contributed by atoms with E-state index >= 15 is 0 Å². The minimum atomic E-state index is -0.195. The lowest BCUT2D eigenvalue weighted by atomic mass is 10.2. The van der Waals surface area contributed by atoms with Gasteiger partial charge < -0.3 is 24.4 Å². The number of nitrogens with one attached hydrogen (secondary N) is 1. The van der Waals surface area contributed by atoms with Gasteiger partial charge in [-0.15, -0.1) is 0 Å². The molecule has 0 fully saturated rings. The molecular weight excluding hydrogens is 348 g/mol. The van der Waals surface area contributed by atoms with E-state index < -0.39 is 0 Å². The Morgan fingerprint density at radius 3 is 2.11 bits per heavy atom. The van der Waals surface area contributed by atoms with Crippen molar-refractivity contribution in [2.75, 3.05) is 38.1 Å². The first kappa shape index (κ1) is 20.1. The second kappa shape index (κ2) is 9.47. The molecule has 7 nitrogen and oxygen atoms in total. The maximum Gasteiger partial charge on any atom is 0.226 e. The van der Waals surface area contributed by atoms with Crippen LogP contribution in [0, 0.1) is 0 Å². The first-order valence-corrected chi connectivity index (χ1v) is 8.42. The Balaban J connectivity index is 2.05. The lowest BCUT2D eigenvalue weighted by molar-refractivity contribution is -0.117. The highest BCUT2D eigenvalue weighted by Crippen LogP contribution is 2.32. The quantitative estimate of drug-likeness (QED) is 0.770. The van der Waals surface area contributed by atoms with Crippen LogP contribution in [0.25, 0.3) is 0 Å². The van der Waals surface area contributed by atoms with Gasteiger partial charge in [0.05, 0.1) is 27.0 Å². The fourth-order valence-corrected chi connectivity index (χ4v) is 2.57. The standard InChI is InChI=1S/C20H24N2O5/c1-14(23)22(18-10-9-17(26-3)13-19(18)27-4)12-11-20(24)21-15-5-7-16(25-2)8-6-15/h5-10,13H,11-12H2,1-4H3,(H,21,24). The summed E-state index contributed by atoms with van der Waals surface area (Å²) >= 11 is 0. The first-order chi connectivity index (χ1) is 13.0. The van der Waals surface area contributed by atoms with Crippen LogP contribution >= 0.6 is 0 Å². The summed E-state index contributed by atoms with van der Waals surface area (Å²) in [6.45, 7) is 1.67. The van der Waals surface area contributed by atoms with E-state index in [1.165, 1.54) is 18.9 Å². The highest BCUT2D eigenvalue weighted by molar-refractivity contribution is 5.95. The number of hydrogen-bond acceptors (Lipinski definition) is 5. The molecule has 2 rings (SSSR count). The third kappa shape index (κ3) is 5.37. The van der Waals surface area contributed by atoms with Gasteiger partial charge in [0, 0.05) is 31.6 Å². The molecule has 0 saturated carbocycles. The lowest BCUT2D eigenvalue weighted by Gasteiger charge is -2.23. The zero-order valence-corrected chi connectivity index (χ0v) is 15.9. The maximum absolute atomic E-state index is 12.2. The summed E-state index contributed by atoms with van der Waals surface area (Å²) in [6.07, 6.45) is 0.140. The zero-order valence-electron chi connectivity index (χ0n) is 15.9. The fourth-order valence-electron chi connectivity index (χ4n) is 2.57. The summed E-state index contributed by atoms with van der Waals surface area (Å²) in [5.74, 6) is 1.45. The van der Waals surface area contributed by atoms with Crippen molar-refractivity contribution in [1.29, 1.82) is 0 Å². The van der Waals surface area contributed by atoms with Gasteiger partial charge in [-0.2, -0.15) is 0 Å². The highest BCUT2D eigenvalue weighted by Gasteiger charge is 2.18. The Labute approximate surface area is 158 Å². The number of nitrogens with zero attached hydrogens (tertiary/aromatic N) is 1. The Kier molecular flexibility index (Phi) is 7.05. The number of hydrogen-bond donors (Lipinski definition) is 1. The van der Waals surface area contributed by atoms with Crippen molar-refractivity contribution >= 4 is 23.2 Å². The SMILES string of the molecule is COc1ccc(NC(=O)CCN(C(C)=O)c2ccc(OC)cc2OC)cc1. The zero-order chi connectivity index (χ0) is 19.8. The van der Waals surface area contributed by atoms with Gasteiger partial charge in [-0.05, 0) is 36.4 Å². The highest BCUT2D eigenvalue weighted by atomic mass is 16.5. The Bertz CT molecular complexity index is 789. The number of carbonyl (C=O) groups excluding carboxylic acids is 2. The van der Waals surface area contributed by atoms with Crippen LogP contribution in [0.3, 0.4) is 0 Å². The summed E-state index contributed by atoms with van der Waals surface area (Å²) in [5, 5.41) is 2.80. The Hall–Kier alpha value is -3.22. The van der Waals surface area contributed by atoms with Crippen molar-refractivity contribution in [3.63, 3.8) is 0 Å². The summed E-state index contributed by atoms with van der Waals surface area (Å²) in [4.78, 5) is 25.9. The molecule has 0 aromatic heterocycles. The van der Waals surface area contributed by atoms with E-state index in [1.54, 1.807) is 56.7 Å². The molecule has 2 aromatic rings. The minimum Gasteiger partial charge on any atom is -0.497 e. The average Bonchev–Trinajstić information content (AvgIpc) is 2.68. The van der Waals surface area contributed by atoms with Crippen molar-refractivity contribution in [1.82, 2.24) is 0 Å². The molecule has 7 heteroatoms. The van der Waals surface area contributed by atoms with E-state index in [2.05, 4.69) is 5.32 Å². The molecule has 0 unspecified atom stereocenters. The summed E-state index contributed by atoms with van der Waals surface area (Å²) in [5.41, 5.74) is 1.25. The van der Waals surface area contributed by atoms with Gasteiger partial charge in [-0.3, -0.25) is 9.59 Å². The first-order valence-electron chi connectivity index (χ1n) is 8.42. The molecular formula is C20H24N2O5. The van der Waals surface area contributed by atoms with Crippen LogP contribution in [0.15, 0.2) is 42.5 Å². The molecule has 0 bridgehead atoms. The van der Waals surface area contributed by atoms with Crippen LogP contribution in [0.5, 0.6) is 17.2 Å². The lowest BCUT2D eigenvalue weighted by Crippen LogP contribution is -2.32. The van der Waals surface area contributed by atoms with Crippen molar-refractivity contribution in [3.05, 3.63) is 42.5 Å². The number of methoxy groups -OCH3 is 3. The van der Waals surface area contributed by atoms with Crippen molar-refractivity contribution in [2.45, 2.75) is 13.3 Å². The Morgan fingerprint density at radius 1 is 0.926 bits per heavy atom. The van der Waals surface area contributed by atoms with Crippen LogP contribution < -0.4 is 24.4 Å². The van der Waals surface area contributed by atoms with E-state index in [4.69, 9.17) is 14.2 Å². The molecule has 1 N–H and O–H groups in total. The van der Waals surface area contributed by atoms with E-state index in [0.29, 0.717) is 28.6 Å². The molecule has 0 saturated heterocycles. The van der Waals surface area contributed by atoms with Gasteiger partial charge in [-0.1, -0.05) is 0 Å². The normalized spacial score (nSPS) is 10.1. The van der Waals surface area contributed by atoms with Gasteiger partial charge in [0.25, 0.3) is 0 Å². The third-order valence-corrected chi connectivity index (χ3v) is 3.99. The van der Waals surface area contributed by atoms with Crippen LogP contribution in [-0.4, -0.2) is 39.7 Å². The molecule has 0 heterocycles. The number of rotatable bonds is 8. The topological polar surface area (TPSA) is 77.1 Å². The predicted octanol–water partition coefficient (Wildman–Crippen LogP) is 3.09. The second-order valence-corrected chi connectivity index (χ2v) is 5.74. The molecule has 0 spiro atoms. The van der Waals surface area contributed by atoms with Crippen LogP contribution in [-0.2, 0) is 9.59 Å². The molecule has 2 aromatic carbocycles. The van der Waals surface area contributed by atoms with E-state index in [9.17, 15) is 9.59 Å². The average molecular weight is 372 g/mol. The molecule has 0 atom stereocenters. The number of ether oxygens (including phenoxy) is 3. The van der Waals surface area contributed by atoms with Gasteiger partial charge in [0.2, 0.25) is 11.8 Å². The number of carbonyl (C=O) groups is 2. The fraction of sp³-hybridized carbons (Fsp3) is 0.300. The molecule has 0 aliphatic carbocycles. The molecule has 27 heavy (non-hydrogen) atoms. The number of benzene rings is 2. The van der Waals surface area contributed by atoms with Crippen LogP contribution in [0.1, 0.15) is 13.3 Å². The van der Waals surface area contributed by atoms with E-state index in [-0.39, 0.29) is 24.8 Å². The molecule has 2 amide bonds. The van der Waals surface area contributed by atoms with Gasteiger partial charge in [-0.25, -0.2) is 0 Å². The van der Waals surface area contributed by atoms with Gasteiger partial charge in [0.1, 0.15) is 17.2 Å². The largest absolute Gasteiger partial charge is 0.497 e. The van der Waals surface area contributed by atoms with Crippen LogP contribution in [0.4, 0.5) is 11.4 Å². The van der Waals surface area contributed by atoms with Gasteiger partial charge >= 0.3 is 0 Å². The summed E-state index contributed by atoms with van der Waals surface area (Å²) in [7, 11) is 4.66. The summed E-state index contributed by atoms with van der Waals surface area (Å²) < 4.78 is 15.6. The molecule has 0 radical (unpaired) electrons. The molecule has 0 aliphatic heterocycles. The van der Waals surface area contributed by atoms with Crippen LogP contribution in [0.2, 0.25) is 0 Å². The predicted molar refractivity (Wildman–Crippen MR) is 104 cm³/mol. The monoisotopic (exact) mass is 372 g/mol. The van der Waals surface area contributed by atoms with E-state index in [1.807, 2.05) is 0 Å². The molecule has 0 aliphatic rings. The van der Waals surface area contributed by atoms with Gasteiger partial charge in [0.15, 0.2) is 0 Å². The smallest absolute Gasteiger partial charge is 0.226 e. The minimum absolute atomic E-state index is 0.140. The van der Waals surface area contributed by atoms with Crippen molar-refractivity contribution < 1.29 is 23.8 Å². The Morgan fingerprint density at radius 2 is 1.56 bits per heavy atom. The third-order valence-electron chi connectivity index (χ3n) is 3.99. The number of amides is 2. The van der Waals surface area contributed by atoms with Crippen molar-refractivity contribution in [2.24, 2.45) is 0 Å². The van der Waals surface area contributed by atoms with Crippen molar-refractivity contribution in [3.8, 4) is 17.2 Å². The van der Waals surface area contributed by atoms with E-state index in [0.717, 1.165) is 0 Å². The second-order valence-electron chi connectivity index (χ2n) is 5.74. The number of anilines is 2.